The molecule has 15 heteroatoms. The number of β-lactam (4-membered cyclic amide) rings is 1. The molecule has 3 aromatic rings. The topological polar surface area (TPSA) is 200 Å². The van der Waals surface area contributed by atoms with Crippen LogP contribution in [0.4, 0.5) is 10.1 Å². The van der Waals surface area contributed by atoms with E-state index in [1.165, 1.54) is 31.2 Å². The molecule has 5 unspecified atom stereocenters. The minimum atomic E-state index is -3.29. The predicted molar refractivity (Wildman–Crippen MR) is 197 cm³/mol. The number of sulfonamides is 1. The van der Waals surface area contributed by atoms with Gasteiger partial charge in [0.05, 0.1) is 37.5 Å². The summed E-state index contributed by atoms with van der Waals surface area (Å²) in [6.45, 7) is 1.37. The fourth-order valence-corrected chi connectivity index (χ4v) is 7.20. The highest BCUT2D eigenvalue weighted by Crippen LogP contribution is 2.47. The first-order valence-corrected chi connectivity index (χ1v) is 19.6. The number of aliphatic hydroxyl groups excluding tert-OH is 4. The summed E-state index contributed by atoms with van der Waals surface area (Å²) in [7, 11) is -3.29. The number of nitrogens with zero attached hydrogens (tertiary/aromatic N) is 1. The second-order valence-electron chi connectivity index (χ2n) is 13.7. The highest BCUT2D eigenvalue weighted by molar-refractivity contribution is 7.88. The number of hydrogen-bond donors (Lipinski definition) is 5. The van der Waals surface area contributed by atoms with Gasteiger partial charge in [-0.1, -0.05) is 48.5 Å². The third kappa shape index (κ3) is 11.4. The van der Waals surface area contributed by atoms with E-state index in [9.17, 15) is 47.6 Å². The molecule has 0 radical (unpaired) electrons. The average molecular weight is 773 g/mol. The molecular formula is C39H49FN2O11S. The first kappa shape index (κ1) is 42.5. The highest BCUT2D eigenvalue weighted by Gasteiger charge is 2.48. The number of ether oxygens (including phenoxy) is 2. The Morgan fingerprint density at radius 3 is 2.07 bits per heavy atom. The number of halogens is 1. The minimum Gasteiger partial charge on any atom is -0.458 e. The Morgan fingerprint density at radius 1 is 0.907 bits per heavy atom. The average Bonchev–Trinajstić information content (AvgIpc) is 3.13. The smallest absolute Gasteiger partial charge is 0.303 e. The molecular weight excluding hydrogens is 723 g/mol. The lowest BCUT2D eigenvalue weighted by atomic mass is 9.78. The molecule has 5 atom stereocenters. The molecule has 0 aromatic heterocycles. The second kappa shape index (κ2) is 18.9. The zero-order chi connectivity index (χ0) is 39.6. The quantitative estimate of drug-likeness (QED) is 0.0639. The third-order valence-electron chi connectivity index (χ3n) is 9.54. The first-order valence-electron chi connectivity index (χ1n) is 17.7. The molecule has 294 valence electrons. The van der Waals surface area contributed by atoms with Crippen molar-refractivity contribution >= 4 is 33.6 Å². The van der Waals surface area contributed by atoms with Crippen molar-refractivity contribution in [2.45, 2.75) is 82.3 Å². The molecule has 1 fully saturated rings. The lowest BCUT2D eigenvalue weighted by Crippen LogP contribution is -2.55. The van der Waals surface area contributed by atoms with Gasteiger partial charge in [0.15, 0.2) is 5.60 Å². The van der Waals surface area contributed by atoms with Crippen molar-refractivity contribution in [3.05, 3.63) is 101 Å². The van der Waals surface area contributed by atoms with Crippen LogP contribution in [0.2, 0.25) is 0 Å². The number of carbonyl (C=O) groups excluding carboxylic acids is 3. The predicted octanol–water partition coefficient (Wildman–Crippen LogP) is 3.56. The lowest BCUT2D eigenvalue weighted by molar-refractivity contribution is -0.170. The maximum atomic E-state index is 13.8. The Morgan fingerprint density at radius 2 is 1.52 bits per heavy atom. The van der Waals surface area contributed by atoms with Crippen LogP contribution in [0.1, 0.15) is 86.5 Å². The summed E-state index contributed by atoms with van der Waals surface area (Å²) in [6, 6.07) is 19.3. The Kier molecular flexibility index (Phi) is 14.8. The summed E-state index contributed by atoms with van der Waals surface area (Å²) < 4.78 is 49.5. The summed E-state index contributed by atoms with van der Waals surface area (Å²) in [5, 5.41) is 41.2. The van der Waals surface area contributed by atoms with Gasteiger partial charge in [0.2, 0.25) is 15.9 Å². The molecule has 54 heavy (non-hydrogen) atoms. The van der Waals surface area contributed by atoms with Crippen LogP contribution in [-0.4, -0.2) is 84.4 Å². The van der Waals surface area contributed by atoms with Crippen molar-refractivity contribution in [2.75, 3.05) is 30.9 Å². The summed E-state index contributed by atoms with van der Waals surface area (Å²) in [5.74, 6) is -2.35. The minimum absolute atomic E-state index is 0.105. The van der Waals surface area contributed by atoms with E-state index in [2.05, 4.69) is 4.72 Å². The fraction of sp³-hybridized carbons (Fsp3) is 0.462. The van der Waals surface area contributed by atoms with E-state index in [1.807, 2.05) is 24.3 Å². The molecule has 5 N–H and O–H groups in total. The Hall–Kier alpha value is -4.25. The van der Waals surface area contributed by atoms with Crippen LogP contribution >= 0.6 is 0 Å². The van der Waals surface area contributed by atoms with Gasteiger partial charge in [-0.3, -0.25) is 14.4 Å². The number of aryl methyl sites for hydroxylation is 1. The normalized spacial score (nSPS) is 17.7. The van der Waals surface area contributed by atoms with E-state index >= 15 is 0 Å². The molecule has 1 saturated heterocycles. The van der Waals surface area contributed by atoms with Gasteiger partial charge >= 0.3 is 11.9 Å². The number of aliphatic hydroxyl groups is 4. The van der Waals surface area contributed by atoms with Crippen LogP contribution in [-0.2, 0) is 40.3 Å². The Balaban J connectivity index is 1.54. The van der Waals surface area contributed by atoms with Crippen LogP contribution in [0.25, 0.3) is 0 Å². The van der Waals surface area contributed by atoms with E-state index in [0.717, 1.165) is 24.3 Å². The van der Waals surface area contributed by atoms with Crippen LogP contribution in [0, 0.1) is 11.7 Å². The van der Waals surface area contributed by atoms with Crippen molar-refractivity contribution in [3.63, 3.8) is 0 Å². The number of rotatable bonds is 20. The second-order valence-corrected chi connectivity index (χ2v) is 15.6. The fourth-order valence-electron chi connectivity index (χ4n) is 6.68. The maximum Gasteiger partial charge on any atom is 0.303 e. The van der Waals surface area contributed by atoms with E-state index in [-0.39, 0.29) is 25.2 Å². The molecule has 3 aromatic carbocycles. The van der Waals surface area contributed by atoms with Gasteiger partial charge in [0, 0.05) is 26.1 Å². The van der Waals surface area contributed by atoms with Crippen molar-refractivity contribution in [2.24, 2.45) is 5.92 Å². The summed E-state index contributed by atoms with van der Waals surface area (Å²) in [6.07, 6.45) is -0.709. The summed E-state index contributed by atoms with van der Waals surface area (Å²) >= 11 is 0. The van der Waals surface area contributed by atoms with Gasteiger partial charge in [-0.05, 0) is 85.0 Å². The molecule has 0 aliphatic carbocycles. The van der Waals surface area contributed by atoms with Crippen LogP contribution in [0.3, 0.4) is 0 Å². The van der Waals surface area contributed by atoms with Gasteiger partial charge in [-0.15, -0.1) is 0 Å². The molecule has 1 heterocycles. The van der Waals surface area contributed by atoms with E-state index in [4.69, 9.17) is 9.47 Å². The van der Waals surface area contributed by atoms with Gasteiger partial charge in [0.25, 0.3) is 0 Å². The van der Waals surface area contributed by atoms with Crippen LogP contribution < -0.4 is 9.62 Å². The number of benzene rings is 3. The number of hydrogen-bond acceptors (Lipinski definition) is 11. The lowest BCUT2D eigenvalue weighted by Gasteiger charge is -2.48. The molecule has 1 aliphatic rings. The number of amides is 1. The molecule has 1 amide bonds. The summed E-state index contributed by atoms with van der Waals surface area (Å²) in [5.41, 5.74) is 1.68. The van der Waals surface area contributed by atoms with Gasteiger partial charge in [-0.2, -0.15) is 0 Å². The van der Waals surface area contributed by atoms with Gasteiger partial charge in [-0.25, -0.2) is 17.5 Å². The third-order valence-corrected chi connectivity index (χ3v) is 10.3. The van der Waals surface area contributed by atoms with E-state index in [1.54, 1.807) is 29.2 Å². The Bertz CT molecular complexity index is 1820. The first-order chi connectivity index (χ1) is 25.6. The van der Waals surface area contributed by atoms with Crippen molar-refractivity contribution in [1.29, 1.82) is 0 Å². The largest absolute Gasteiger partial charge is 0.458 e. The number of carbonyl (C=O) groups is 3. The number of anilines is 1. The molecule has 13 nitrogen and oxygen atoms in total. The molecule has 0 spiro atoms. The van der Waals surface area contributed by atoms with E-state index < -0.39 is 76.9 Å². The molecule has 4 rings (SSSR count). The SMILES string of the molecule is CC(=O)OC(CCC1C(=O)N(c2ccc(CCCNS(C)(=O)=O)cc2)C1c1ccc(C(O)C(O)CCC(CO)(CO)OC(C)=O)cc1)c1ccc(F)cc1. The molecule has 1 aliphatic heterocycles. The summed E-state index contributed by atoms with van der Waals surface area (Å²) in [4.78, 5) is 39.0. The molecule has 0 saturated carbocycles. The standard InChI is InChI=1S/C39H49FN2O11S/c1-25(45)52-35(28-12-14-31(40)15-13-28)19-18-33-36(42(38(33)49)32-16-6-27(7-17-32)5-4-22-41-54(3,50)51)29-8-10-30(11-9-29)37(48)34(47)20-21-39(23-43,24-44)53-26(2)46/h6-17,33-37,41,43-44,47-48H,4-5,18-24H2,1-3H3. The number of esters is 2. The van der Waals surface area contributed by atoms with Crippen molar-refractivity contribution in [1.82, 2.24) is 4.72 Å². The van der Waals surface area contributed by atoms with E-state index in [0.29, 0.717) is 42.6 Å². The number of nitrogens with one attached hydrogen (secondary N) is 1. The zero-order valence-electron chi connectivity index (χ0n) is 30.6. The Labute approximate surface area is 314 Å². The maximum absolute atomic E-state index is 13.8. The van der Waals surface area contributed by atoms with Gasteiger partial charge in [0.1, 0.15) is 18.0 Å². The van der Waals surface area contributed by atoms with Crippen LogP contribution in [0.15, 0.2) is 72.8 Å². The zero-order valence-corrected chi connectivity index (χ0v) is 31.4. The monoisotopic (exact) mass is 772 g/mol. The van der Waals surface area contributed by atoms with Crippen molar-refractivity contribution < 1.29 is 57.1 Å². The molecule has 0 bridgehead atoms. The van der Waals surface area contributed by atoms with Crippen LogP contribution in [0.5, 0.6) is 0 Å². The highest BCUT2D eigenvalue weighted by atomic mass is 32.2. The van der Waals surface area contributed by atoms with Gasteiger partial charge < -0.3 is 34.8 Å². The van der Waals surface area contributed by atoms with Crippen molar-refractivity contribution in [3.8, 4) is 0 Å².